The first-order valence-electron chi connectivity index (χ1n) is 7.82. The summed E-state index contributed by atoms with van der Waals surface area (Å²) in [6.45, 7) is 21.9. The average Bonchev–Trinajstić information content (AvgIpc) is 2.53. The van der Waals surface area contributed by atoms with Crippen LogP contribution in [0.15, 0.2) is 97.7 Å². The fourth-order valence-electron chi connectivity index (χ4n) is 2.51. The minimum atomic E-state index is -0.609. The molecule has 0 rings (SSSR count). The lowest BCUT2D eigenvalue weighted by atomic mass is 9.79. The smallest absolute Gasteiger partial charge is 0.122 e. The van der Waals surface area contributed by atoms with Crippen molar-refractivity contribution in [3.05, 3.63) is 97.7 Å². The van der Waals surface area contributed by atoms with Gasteiger partial charge in [-0.1, -0.05) is 73.4 Å². The molecule has 1 atom stereocenters. The largest absolute Gasteiger partial charge is 0.361 e. The Labute approximate surface area is 142 Å². The molecule has 0 aliphatic rings. The Kier molecular flexibility index (Phi) is 10.4. The highest BCUT2D eigenvalue weighted by Crippen LogP contribution is 2.38. The molecule has 0 amide bonds. The average molecular weight is 310 g/mol. The molecule has 0 bridgehead atoms. The first-order valence-corrected chi connectivity index (χ1v) is 7.82. The van der Waals surface area contributed by atoms with Crippen molar-refractivity contribution in [3.8, 4) is 0 Å². The Morgan fingerprint density at radius 1 is 0.957 bits per heavy atom. The van der Waals surface area contributed by atoms with Crippen molar-refractivity contribution in [1.29, 1.82) is 0 Å². The van der Waals surface area contributed by atoms with Gasteiger partial charge >= 0.3 is 0 Å². The standard InChI is InChI=1S/C22H30O/c1-8-13-15-20(12-5)22(17-10-3,23-18-11-4)21(19(6)7)16-14-9-2/h8-16H,1-4,17-18H2,5-7H3/b15-13-,16-14-,20-12+. The Hall–Kier alpha value is -2.12. The van der Waals surface area contributed by atoms with Crippen molar-refractivity contribution in [2.45, 2.75) is 32.8 Å². The summed E-state index contributed by atoms with van der Waals surface area (Å²) in [6.07, 6.45) is 17.8. The summed E-state index contributed by atoms with van der Waals surface area (Å²) in [5, 5.41) is 0. The van der Waals surface area contributed by atoms with E-state index in [2.05, 4.69) is 52.3 Å². The van der Waals surface area contributed by atoms with Gasteiger partial charge in [-0.2, -0.15) is 0 Å². The monoisotopic (exact) mass is 310 g/mol. The van der Waals surface area contributed by atoms with Gasteiger partial charge in [0.15, 0.2) is 0 Å². The second kappa shape index (κ2) is 11.4. The lowest BCUT2D eigenvalue weighted by Gasteiger charge is -2.37. The summed E-state index contributed by atoms with van der Waals surface area (Å²) in [6, 6.07) is 0. The molecule has 0 saturated carbocycles. The summed E-state index contributed by atoms with van der Waals surface area (Å²) in [4.78, 5) is 0. The number of hydrogen-bond donors (Lipinski definition) is 0. The third kappa shape index (κ3) is 5.88. The van der Waals surface area contributed by atoms with Gasteiger partial charge in [-0.3, -0.25) is 0 Å². The minimum absolute atomic E-state index is 0.450. The highest BCUT2D eigenvalue weighted by molar-refractivity contribution is 5.48. The van der Waals surface area contributed by atoms with Crippen LogP contribution in [-0.2, 0) is 4.74 Å². The van der Waals surface area contributed by atoms with E-state index in [4.69, 9.17) is 4.74 Å². The third-order valence-electron chi connectivity index (χ3n) is 3.44. The van der Waals surface area contributed by atoms with Gasteiger partial charge in [0.05, 0.1) is 6.61 Å². The van der Waals surface area contributed by atoms with Crippen molar-refractivity contribution in [1.82, 2.24) is 0 Å². The molecule has 0 aliphatic heterocycles. The Balaban J connectivity index is 6.45. The molecule has 0 heterocycles. The molecule has 0 N–H and O–H groups in total. The van der Waals surface area contributed by atoms with Crippen molar-refractivity contribution in [2.24, 2.45) is 0 Å². The summed E-state index contributed by atoms with van der Waals surface area (Å²) < 4.78 is 6.30. The van der Waals surface area contributed by atoms with Crippen molar-refractivity contribution >= 4 is 0 Å². The zero-order valence-corrected chi connectivity index (χ0v) is 14.8. The maximum atomic E-state index is 6.30. The lowest BCUT2D eigenvalue weighted by Crippen LogP contribution is -2.36. The van der Waals surface area contributed by atoms with Gasteiger partial charge in [-0.05, 0) is 31.9 Å². The molecular weight excluding hydrogens is 280 g/mol. The first kappa shape index (κ1) is 20.9. The molecule has 0 spiro atoms. The summed E-state index contributed by atoms with van der Waals surface area (Å²) >= 11 is 0. The molecular formula is C22H30O. The molecule has 0 aromatic carbocycles. The van der Waals surface area contributed by atoms with Crippen LogP contribution in [0.1, 0.15) is 27.2 Å². The van der Waals surface area contributed by atoms with Crippen molar-refractivity contribution in [2.75, 3.05) is 6.61 Å². The lowest BCUT2D eigenvalue weighted by molar-refractivity contribution is 0.0354. The van der Waals surface area contributed by atoms with Gasteiger partial charge in [0.25, 0.3) is 0 Å². The van der Waals surface area contributed by atoms with E-state index in [1.165, 1.54) is 5.57 Å². The maximum absolute atomic E-state index is 6.30. The van der Waals surface area contributed by atoms with E-state index in [9.17, 15) is 0 Å². The zero-order chi connectivity index (χ0) is 17.7. The molecule has 0 saturated heterocycles. The van der Waals surface area contributed by atoms with Gasteiger partial charge in [-0.15, -0.1) is 13.2 Å². The fraction of sp³-hybridized carbons (Fsp3) is 0.273. The molecule has 1 heteroatoms. The van der Waals surface area contributed by atoms with Crippen LogP contribution in [0.2, 0.25) is 0 Å². The van der Waals surface area contributed by atoms with Crippen LogP contribution in [0.3, 0.4) is 0 Å². The second-order valence-corrected chi connectivity index (χ2v) is 5.27. The highest BCUT2D eigenvalue weighted by atomic mass is 16.5. The molecule has 0 aliphatic carbocycles. The van der Waals surface area contributed by atoms with E-state index >= 15 is 0 Å². The highest BCUT2D eigenvalue weighted by Gasteiger charge is 2.36. The normalized spacial score (nSPS) is 14.5. The SMILES string of the molecule is C=C/C=C\C(=C(C)C)C(CC=C)(OCC=C)C(/C=C\C=C)=C/C. The molecule has 23 heavy (non-hydrogen) atoms. The van der Waals surface area contributed by atoms with Crippen LogP contribution in [0.4, 0.5) is 0 Å². The molecule has 0 aromatic rings. The molecule has 0 fully saturated rings. The van der Waals surface area contributed by atoms with Crippen molar-refractivity contribution < 1.29 is 4.74 Å². The van der Waals surface area contributed by atoms with Crippen LogP contribution in [0.25, 0.3) is 0 Å². The Morgan fingerprint density at radius 3 is 2.00 bits per heavy atom. The van der Waals surface area contributed by atoms with Gasteiger partial charge < -0.3 is 4.74 Å². The van der Waals surface area contributed by atoms with E-state index in [0.29, 0.717) is 13.0 Å². The number of rotatable bonds is 11. The maximum Gasteiger partial charge on any atom is 0.122 e. The summed E-state index contributed by atoms with van der Waals surface area (Å²) in [5.74, 6) is 0. The van der Waals surface area contributed by atoms with Gasteiger partial charge in [0.1, 0.15) is 5.60 Å². The van der Waals surface area contributed by atoms with Crippen LogP contribution in [0, 0.1) is 0 Å². The summed E-state index contributed by atoms with van der Waals surface area (Å²) in [7, 11) is 0. The second-order valence-electron chi connectivity index (χ2n) is 5.27. The van der Waals surface area contributed by atoms with E-state index in [0.717, 1.165) is 11.1 Å². The van der Waals surface area contributed by atoms with E-state index in [1.807, 2.05) is 31.2 Å². The number of allylic oxidation sites excluding steroid dienone is 6. The van der Waals surface area contributed by atoms with E-state index < -0.39 is 5.60 Å². The summed E-state index contributed by atoms with van der Waals surface area (Å²) in [5.41, 5.74) is 2.73. The van der Waals surface area contributed by atoms with E-state index in [-0.39, 0.29) is 0 Å². The van der Waals surface area contributed by atoms with Crippen LogP contribution in [0.5, 0.6) is 0 Å². The molecule has 124 valence electrons. The fourth-order valence-corrected chi connectivity index (χ4v) is 2.51. The Bertz CT molecular complexity index is 536. The predicted molar refractivity (Wildman–Crippen MR) is 104 cm³/mol. The van der Waals surface area contributed by atoms with Gasteiger partial charge in [-0.25, -0.2) is 0 Å². The molecule has 1 nitrogen and oxygen atoms in total. The number of ether oxygens (including phenoxy) is 1. The quantitative estimate of drug-likeness (QED) is 0.323. The minimum Gasteiger partial charge on any atom is -0.361 e. The predicted octanol–water partition coefficient (Wildman–Crippen LogP) is 6.27. The topological polar surface area (TPSA) is 9.23 Å². The Morgan fingerprint density at radius 2 is 1.57 bits per heavy atom. The van der Waals surface area contributed by atoms with Crippen molar-refractivity contribution in [3.63, 3.8) is 0 Å². The van der Waals surface area contributed by atoms with Gasteiger partial charge in [0.2, 0.25) is 0 Å². The molecule has 1 unspecified atom stereocenters. The first-order chi connectivity index (χ1) is 11.0. The van der Waals surface area contributed by atoms with Crippen LogP contribution in [-0.4, -0.2) is 12.2 Å². The third-order valence-corrected chi connectivity index (χ3v) is 3.44. The zero-order valence-electron chi connectivity index (χ0n) is 14.8. The molecule has 0 radical (unpaired) electrons. The van der Waals surface area contributed by atoms with Crippen LogP contribution >= 0.6 is 0 Å². The number of hydrogen-bond acceptors (Lipinski definition) is 1. The molecule has 0 aromatic heterocycles. The van der Waals surface area contributed by atoms with Gasteiger partial charge in [0, 0.05) is 6.42 Å². The van der Waals surface area contributed by atoms with E-state index in [1.54, 1.807) is 18.2 Å². The van der Waals surface area contributed by atoms with Crippen LogP contribution < -0.4 is 0 Å².